The third-order valence-corrected chi connectivity index (χ3v) is 6.01. The van der Waals surface area contributed by atoms with Gasteiger partial charge in [-0.15, -0.1) is 0 Å². The second-order valence-electron chi connectivity index (χ2n) is 7.87. The van der Waals surface area contributed by atoms with E-state index in [4.69, 9.17) is 14.2 Å². The molecule has 0 saturated carbocycles. The maximum absolute atomic E-state index is 12.5. The Kier molecular flexibility index (Phi) is 6.65. The highest BCUT2D eigenvalue weighted by molar-refractivity contribution is 5.85. The maximum atomic E-state index is 12.5. The molecule has 2 atom stereocenters. The van der Waals surface area contributed by atoms with E-state index in [-0.39, 0.29) is 11.7 Å². The average molecular weight is 411 g/mol. The number of hydrogen-bond acceptors (Lipinski definition) is 5. The van der Waals surface area contributed by atoms with Gasteiger partial charge >= 0.3 is 6.09 Å². The summed E-state index contributed by atoms with van der Waals surface area (Å²) in [6.07, 6.45) is 0.358. The summed E-state index contributed by atoms with van der Waals surface area (Å²) in [6.45, 7) is 4.73. The van der Waals surface area contributed by atoms with Crippen LogP contribution in [0.1, 0.15) is 30.9 Å². The molecule has 2 aromatic carbocycles. The van der Waals surface area contributed by atoms with Crippen molar-refractivity contribution in [3.63, 3.8) is 0 Å². The standard InChI is InChI=1S/C24H29NO5/c1-17(26)24(2)16-25(23(27)29-4)15-20(24)19-10-11-21(28-3)22(14-19)30-13-12-18-8-6-5-7-9-18/h5-11,14,20H,12-13,15-16H2,1-4H3/t20-,24-/m1/s1. The molecule has 1 heterocycles. The van der Waals surface area contributed by atoms with E-state index in [0.717, 1.165) is 12.0 Å². The third-order valence-electron chi connectivity index (χ3n) is 6.01. The van der Waals surface area contributed by atoms with Crippen molar-refractivity contribution in [1.82, 2.24) is 4.90 Å². The molecule has 1 aliphatic rings. The van der Waals surface area contributed by atoms with Crippen molar-refractivity contribution in [3.8, 4) is 11.5 Å². The molecule has 1 amide bonds. The molecule has 160 valence electrons. The summed E-state index contributed by atoms with van der Waals surface area (Å²) in [4.78, 5) is 26.2. The summed E-state index contributed by atoms with van der Waals surface area (Å²) in [7, 11) is 2.96. The van der Waals surface area contributed by atoms with Crippen LogP contribution >= 0.6 is 0 Å². The minimum Gasteiger partial charge on any atom is -0.493 e. The first-order valence-corrected chi connectivity index (χ1v) is 10.1. The number of Topliss-reactive ketones (excluding diaryl/α,β-unsaturated/α-hetero) is 1. The lowest BCUT2D eigenvalue weighted by Crippen LogP contribution is -2.35. The van der Waals surface area contributed by atoms with Crippen molar-refractivity contribution in [1.29, 1.82) is 0 Å². The van der Waals surface area contributed by atoms with Crippen LogP contribution in [0.3, 0.4) is 0 Å². The molecule has 1 fully saturated rings. The lowest BCUT2D eigenvalue weighted by molar-refractivity contribution is -0.125. The number of rotatable bonds is 7. The average Bonchev–Trinajstić information content (AvgIpc) is 3.13. The van der Waals surface area contributed by atoms with Crippen molar-refractivity contribution >= 4 is 11.9 Å². The van der Waals surface area contributed by atoms with E-state index in [1.165, 1.54) is 12.7 Å². The number of ether oxygens (including phenoxy) is 3. The quantitative estimate of drug-likeness (QED) is 0.687. The van der Waals surface area contributed by atoms with Gasteiger partial charge in [-0.2, -0.15) is 0 Å². The van der Waals surface area contributed by atoms with Gasteiger partial charge in [-0.05, 0) is 30.2 Å². The Hall–Kier alpha value is -3.02. The molecule has 6 nitrogen and oxygen atoms in total. The van der Waals surface area contributed by atoms with Crippen molar-refractivity contribution in [3.05, 3.63) is 59.7 Å². The normalized spacial score (nSPS) is 20.7. The number of ketones is 1. The molecule has 6 heteroatoms. The Balaban J connectivity index is 1.83. The highest BCUT2D eigenvalue weighted by Crippen LogP contribution is 2.45. The molecule has 0 aromatic heterocycles. The number of benzene rings is 2. The molecule has 0 N–H and O–H groups in total. The van der Waals surface area contributed by atoms with Gasteiger partial charge in [0.05, 0.1) is 26.2 Å². The molecule has 0 unspecified atom stereocenters. The molecule has 0 bridgehead atoms. The van der Waals surface area contributed by atoms with Crippen molar-refractivity contribution in [2.24, 2.45) is 5.41 Å². The van der Waals surface area contributed by atoms with Crippen LogP contribution in [-0.4, -0.2) is 50.7 Å². The molecule has 1 aliphatic heterocycles. The van der Waals surface area contributed by atoms with E-state index < -0.39 is 11.5 Å². The molecule has 0 aliphatic carbocycles. The van der Waals surface area contributed by atoms with Gasteiger partial charge in [0, 0.05) is 25.4 Å². The van der Waals surface area contributed by atoms with Gasteiger partial charge in [0.25, 0.3) is 0 Å². The van der Waals surface area contributed by atoms with Crippen LogP contribution in [0, 0.1) is 5.41 Å². The molecule has 3 rings (SSSR count). The van der Waals surface area contributed by atoms with E-state index in [9.17, 15) is 9.59 Å². The summed E-state index contributed by atoms with van der Waals surface area (Å²) in [6, 6.07) is 15.9. The number of carbonyl (C=O) groups excluding carboxylic acids is 2. The van der Waals surface area contributed by atoms with E-state index in [2.05, 4.69) is 12.1 Å². The summed E-state index contributed by atoms with van der Waals surface area (Å²) in [5, 5.41) is 0. The van der Waals surface area contributed by atoms with Crippen LogP contribution in [-0.2, 0) is 16.0 Å². The zero-order valence-corrected chi connectivity index (χ0v) is 18.0. The number of hydrogen-bond donors (Lipinski definition) is 0. The second-order valence-corrected chi connectivity index (χ2v) is 7.87. The van der Waals surface area contributed by atoms with Crippen molar-refractivity contribution in [2.75, 3.05) is 33.9 Å². The first-order valence-electron chi connectivity index (χ1n) is 10.1. The predicted molar refractivity (Wildman–Crippen MR) is 114 cm³/mol. The van der Waals surface area contributed by atoms with Gasteiger partial charge in [-0.1, -0.05) is 43.3 Å². The molecule has 0 radical (unpaired) electrons. The van der Waals surface area contributed by atoms with E-state index in [1.54, 1.807) is 18.9 Å². The smallest absolute Gasteiger partial charge is 0.409 e. The number of nitrogens with zero attached hydrogens (tertiary/aromatic N) is 1. The molecular formula is C24H29NO5. The largest absolute Gasteiger partial charge is 0.493 e. The number of methoxy groups -OCH3 is 2. The fourth-order valence-corrected chi connectivity index (χ4v) is 4.04. The number of likely N-dealkylation sites (tertiary alicyclic amines) is 1. The lowest BCUT2D eigenvalue weighted by Gasteiger charge is -2.28. The SMILES string of the molecule is COC(=O)N1C[C@H](c2ccc(OC)c(OCCc3ccccc3)c2)[C@@](C)(C(C)=O)C1. The van der Waals surface area contributed by atoms with E-state index in [0.29, 0.717) is 31.2 Å². The summed E-state index contributed by atoms with van der Waals surface area (Å²) < 4.78 is 16.4. The molecular weight excluding hydrogens is 382 g/mol. The number of carbonyl (C=O) groups is 2. The van der Waals surface area contributed by atoms with Crippen molar-refractivity contribution in [2.45, 2.75) is 26.2 Å². The Morgan fingerprint density at radius 2 is 1.83 bits per heavy atom. The lowest BCUT2D eigenvalue weighted by atomic mass is 9.73. The molecule has 0 spiro atoms. The minimum absolute atomic E-state index is 0.0428. The monoisotopic (exact) mass is 411 g/mol. The second kappa shape index (κ2) is 9.20. The van der Waals surface area contributed by atoms with Crippen LogP contribution in [0.2, 0.25) is 0 Å². The van der Waals surface area contributed by atoms with Gasteiger partial charge in [0.15, 0.2) is 11.5 Å². The third kappa shape index (κ3) is 4.42. The molecule has 30 heavy (non-hydrogen) atoms. The maximum Gasteiger partial charge on any atom is 0.409 e. The number of amides is 1. The minimum atomic E-state index is -0.690. The first kappa shape index (κ1) is 21.7. The summed E-state index contributed by atoms with van der Waals surface area (Å²) >= 11 is 0. The molecule has 2 aromatic rings. The van der Waals surface area contributed by atoms with Crippen LogP contribution in [0.4, 0.5) is 4.79 Å². The van der Waals surface area contributed by atoms with Gasteiger partial charge in [0.1, 0.15) is 5.78 Å². The zero-order chi connectivity index (χ0) is 21.7. The topological polar surface area (TPSA) is 65.1 Å². The van der Waals surface area contributed by atoms with Crippen LogP contribution in [0.5, 0.6) is 11.5 Å². The van der Waals surface area contributed by atoms with E-state index in [1.807, 2.05) is 43.3 Å². The van der Waals surface area contributed by atoms with E-state index >= 15 is 0 Å². The fraction of sp³-hybridized carbons (Fsp3) is 0.417. The van der Waals surface area contributed by atoms with Crippen LogP contribution in [0.25, 0.3) is 0 Å². The fourth-order valence-electron chi connectivity index (χ4n) is 4.04. The van der Waals surface area contributed by atoms with Gasteiger partial charge < -0.3 is 19.1 Å². The van der Waals surface area contributed by atoms with Gasteiger partial charge in [0.2, 0.25) is 0 Å². The molecule has 1 saturated heterocycles. The van der Waals surface area contributed by atoms with Crippen molar-refractivity contribution < 1.29 is 23.8 Å². The Morgan fingerprint density at radius 1 is 1.10 bits per heavy atom. The summed E-state index contributed by atoms with van der Waals surface area (Å²) in [5.74, 6) is 1.16. The van der Waals surface area contributed by atoms with Gasteiger partial charge in [-0.3, -0.25) is 4.79 Å². The summed E-state index contributed by atoms with van der Waals surface area (Å²) in [5.41, 5.74) is 1.44. The Labute approximate surface area is 177 Å². The van der Waals surface area contributed by atoms with Crippen LogP contribution < -0.4 is 9.47 Å². The van der Waals surface area contributed by atoms with Gasteiger partial charge in [-0.25, -0.2) is 4.79 Å². The zero-order valence-electron chi connectivity index (χ0n) is 18.0. The first-order chi connectivity index (χ1) is 14.4. The Bertz CT molecular complexity index is 898. The Morgan fingerprint density at radius 3 is 2.47 bits per heavy atom. The highest BCUT2D eigenvalue weighted by atomic mass is 16.5. The highest BCUT2D eigenvalue weighted by Gasteiger charge is 2.49. The van der Waals surface area contributed by atoms with Crippen LogP contribution in [0.15, 0.2) is 48.5 Å². The predicted octanol–water partition coefficient (Wildman–Crippen LogP) is 4.08.